The molecule has 0 saturated heterocycles. The third-order valence-electron chi connectivity index (χ3n) is 1.74. The maximum absolute atomic E-state index is 2.28. The van der Waals surface area contributed by atoms with Crippen LogP contribution in [0.2, 0.25) is 0 Å². The van der Waals surface area contributed by atoms with Gasteiger partial charge in [-0.2, -0.15) is 30.3 Å². The molecule has 0 radical (unpaired) electrons. The van der Waals surface area contributed by atoms with Crippen LogP contribution in [0.3, 0.4) is 0 Å². The Balaban J connectivity index is 0. The van der Waals surface area contributed by atoms with E-state index in [1.54, 1.807) is 0 Å². The monoisotopic (exact) mass is 380 g/mol. The first-order chi connectivity index (χ1) is 7.08. The summed E-state index contributed by atoms with van der Waals surface area (Å²) in [7, 11) is 0.938. The summed E-state index contributed by atoms with van der Waals surface area (Å²) in [5.74, 6) is 0. The summed E-state index contributed by atoms with van der Waals surface area (Å²) in [6, 6.07) is 18.6. The average Bonchev–Trinajstić information content (AvgIpc) is 2.71. The summed E-state index contributed by atoms with van der Waals surface area (Å²) < 4.78 is 0. The van der Waals surface area contributed by atoms with Gasteiger partial charge in [-0.05, 0) is 5.16 Å². The van der Waals surface area contributed by atoms with E-state index in [1.165, 1.54) is 5.30 Å². The summed E-state index contributed by atoms with van der Waals surface area (Å²) in [6.07, 6.45) is 0. The summed E-state index contributed by atoms with van der Waals surface area (Å²) in [5.41, 5.74) is 0. The first kappa shape index (κ1) is 19.6. The van der Waals surface area contributed by atoms with E-state index in [4.69, 9.17) is 0 Å². The zero-order valence-corrected chi connectivity index (χ0v) is 14.0. The van der Waals surface area contributed by atoms with Crippen molar-refractivity contribution in [2.24, 2.45) is 0 Å². The maximum Gasteiger partial charge on any atom is 2.00 e. The quantitative estimate of drug-likeness (QED) is 0.400. The van der Waals surface area contributed by atoms with Crippen LogP contribution in [0.1, 0.15) is 20.8 Å². The molecule has 0 aromatic heterocycles. The first-order valence-electron chi connectivity index (χ1n) is 5.24. The smallest absolute Gasteiger partial charge is 0.214 e. The molecule has 0 nitrogen and oxygen atoms in total. The van der Waals surface area contributed by atoms with Crippen LogP contribution in [0.4, 0.5) is 0 Å². The van der Waals surface area contributed by atoms with Gasteiger partial charge < -0.3 is 0 Å². The van der Waals surface area contributed by atoms with Crippen molar-refractivity contribution in [2.75, 3.05) is 0 Å². The SMILES string of the molecule is CC(C)(C)Pc1ccc[cH-]1.[Fe+2].[Pd+2].c1cc[cH-]c1. The van der Waals surface area contributed by atoms with Gasteiger partial charge in [-0.3, -0.25) is 0 Å². The van der Waals surface area contributed by atoms with Gasteiger partial charge in [-0.25, -0.2) is 24.3 Å². The zero-order chi connectivity index (χ0) is 11.1. The third-order valence-corrected chi connectivity index (χ3v) is 3.11. The molecule has 0 aliphatic carbocycles. The maximum atomic E-state index is 2.28. The molecule has 0 N–H and O–H groups in total. The van der Waals surface area contributed by atoms with Crippen molar-refractivity contribution >= 4 is 13.9 Å². The minimum absolute atomic E-state index is 0. The largest absolute Gasteiger partial charge is 2.00 e. The Hall–Kier alpha value is 0.312. The van der Waals surface area contributed by atoms with Crippen molar-refractivity contribution < 1.29 is 37.5 Å². The van der Waals surface area contributed by atoms with E-state index in [-0.39, 0.29) is 37.5 Å². The number of hydrogen-bond donors (Lipinski definition) is 0. The molecule has 0 spiro atoms. The summed E-state index contributed by atoms with van der Waals surface area (Å²) >= 11 is 0. The Kier molecular flexibility index (Phi) is 11.9. The van der Waals surface area contributed by atoms with E-state index in [1.807, 2.05) is 30.3 Å². The van der Waals surface area contributed by atoms with Crippen molar-refractivity contribution in [3.8, 4) is 0 Å². The minimum Gasteiger partial charge on any atom is -0.214 e. The van der Waals surface area contributed by atoms with Gasteiger partial charge in [0, 0.05) is 0 Å². The fourth-order valence-corrected chi connectivity index (χ4v) is 2.44. The fraction of sp³-hybridized carbons (Fsp3) is 0.286. The van der Waals surface area contributed by atoms with Crippen LogP contribution in [0.25, 0.3) is 0 Å². The normalized spacial score (nSPS) is 10.1. The topological polar surface area (TPSA) is 0 Å². The van der Waals surface area contributed by atoms with Crippen molar-refractivity contribution in [2.45, 2.75) is 25.9 Å². The van der Waals surface area contributed by atoms with Gasteiger partial charge in [-0.15, -0.1) is 13.9 Å². The molecule has 1 atom stereocenters. The molecule has 2 rings (SSSR count). The van der Waals surface area contributed by atoms with Gasteiger partial charge in [0.2, 0.25) is 0 Å². The summed E-state index contributed by atoms with van der Waals surface area (Å²) in [6.45, 7) is 6.83. The molecule has 0 heterocycles. The molecular formula is C14H19FePPd+2. The molecule has 0 amide bonds. The van der Waals surface area contributed by atoms with Crippen LogP contribution in [-0.2, 0) is 37.5 Å². The van der Waals surface area contributed by atoms with Crippen molar-refractivity contribution in [1.29, 1.82) is 0 Å². The van der Waals surface area contributed by atoms with Gasteiger partial charge in [0.15, 0.2) is 0 Å². The van der Waals surface area contributed by atoms with Gasteiger partial charge >= 0.3 is 37.5 Å². The van der Waals surface area contributed by atoms with Crippen LogP contribution in [0.15, 0.2) is 54.6 Å². The predicted octanol–water partition coefficient (Wildman–Crippen LogP) is 3.91. The van der Waals surface area contributed by atoms with Gasteiger partial charge in [0.25, 0.3) is 0 Å². The first-order valence-corrected chi connectivity index (χ1v) is 6.24. The fourth-order valence-electron chi connectivity index (χ4n) is 1.21. The number of rotatable bonds is 1. The molecule has 1 unspecified atom stereocenters. The molecule has 3 heteroatoms. The Bertz CT molecular complexity index is 315. The number of hydrogen-bond acceptors (Lipinski definition) is 0. The average molecular weight is 381 g/mol. The van der Waals surface area contributed by atoms with Crippen LogP contribution < -0.4 is 5.30 Å². The predicted molar refractivity (Wildman–Crippen MR) is 71.8 cm³/mol. The molecule has 2 aromatic rings. The molecule has 0 bridgehead atoms. The molecule has 2 aromatic carbocycles. The van der Waals surface area contributed by atoms with E-state index in [2.05, 4.69) is 45.0 Å². The third kappa shape index (κ3) is 11.1. The molecule has 0 aliphatic heterocycles. The van der Waals surface area contributed by atoms with E-state index >= 15 is 0 Å². The molecule has 0 saturated carbocycles. The van der Waals surface area contributed by atoms with E-state index in [0.717, 1.165) is 8.58 Å². The zero-order valence-electron chi connectivity index (χ0n) is 10.4. The molecule has 0 fully saturated rings. The molecular weight excluding hydrogens is 361 g/mol. The Morgan fingerprint density at radius 1 is 1.00 bits per heavy atom. The standard InChI is InChI=1S/C9H14P.C5H5.Fe.Pd/c1-9(2,3)10-8-6-4-5-7-8;1-2-4-5-3-1;;/h4-7,10H,1-3H3;1-5H;;/q2*-1;2*+2. The van der Waals surface area contributed by atoms with Crippen molar-refractivity contribution in [3.05, 3.63) is 54.6 Å². The Labute approximate surface area is 131 Å². The van der Waals surface area contributed by atoms with Crippen LogP contribution in [-0.4, -0.2) is 5.16 Å². The van der Waals surface area contributed by atoms with Gasteiger partial charge in [0.1, 0.15) is 0 Å². The second-order valence-electron chi connectivity index (χ2n) is 4.51. The summed E-state index contributed by atoms with van der Waals surface area (Å²) in [5, 5.41) is 1.93. The minimum atomic E-state index is 0. The molecule has 0 aliphatic rings. The molecule has 96 valence electrons. The summed E-state index contributed by atoms with van der Waals surface area (Å²) in [4.78, 5) is 0. The van der Waals surface area contributed by atoms with Crippen LogP contribution in [0, 0.1) is 0 Å². The van der Waals surface area contributed by atoms with E-state index < -0.39 is 0 Å². The van der Waals surface area contributed by atoms with E-state index in [9.17, 15) is 0 Å². The molecule has 17 heavy (non-hydrogen) atoms. The van der Waals surface area contributed by atoms with Gasteiger partial charge in [-0.1, -0.05) is 20.8 Å². The Morgan fingerprint density at radius 3 is 1.88 bits per heavy atom. The second-order valence-corrected chi connectivity index (χ2v) is 6.84. The van der Waals surface area contributed by atoms with E-state index in [0.29, 0.717) is 5.16 Å². The van der Waals surface area contributed by atoms with Crippen molar-refractivity contribution in [3.63, 3.8) is 0 Å². The van der Waals surface area contributed by atoms with Crippen molar-refractivity contribution in [1.82, 2.24) is 0 Å². The van der Waals surface area contributed by atoms with Crippen LogP contribution in [0.5, 0.6) is 0 Å². The van der Waals surface area contributed by atoms with Crippen LogP contribution >= 0.6 is 8.58 Å². The van der Waals surface area contributed by atoms with Gasteiger partial charge in [0.05, 0.1) is 0 Å². The Morgan fingerprint density at radius 2 is 1.59 bits per heavy atom. The second kappa shape index (κ2) is 10.3.